The zero-order chi connectivity index (χ0) is 12.6. The monoisotopic (exact) mass is 238 g/mol. The summed E-state index contributed by atoms with van der Waals surface area (Å²) in [6, 6.07) is 15.0. The molecule has 0 saturated heterocycles. The number of rotatable bonds is 5. The Morgan fingerprint density at radius 2 is 1.89 bits per heavy atom. The Morgan fingerprint density at radius 1 is 1.06 bits per heavy atom. The van der Waals surface area contributed by atoms with Crippen LogP contribution >= 0.6 is 0 Å². The molecule has 92 valence electrons. The molecule has 0 aliphatic carbocycles. The Balaban J connectivity index is 1.93. The minimum Gasteiger partial charge on any atom is -0.369 e. The van der Waals surface area contributed by atoms with E-state index in [1.54, 1.807) is 0 Å². The minimum absolute atomic E-state index is 0.548. The van der Waals surface area contributed by atoms with Crippen molar-refractivity contribution in [2.24, 2.45) is 0 Å². The van der Waals surface area contributed by atoms with Gasteiger partial charge in [-0.25, -0.2) is 0 Å². The number of hydrogen-bond donors (Lipinski definition) is 0. The maximum Gasteiger partial charge on any atom is 0.107 e. The van der Waals surface area contributed by atoms with Gasteiger partial charge in [0, 0.05) is 6.61 Å². The molecule has 2 rings (SSSR count). The molecule has 0 unspecified atom stereocenters. The molecular weight excluding hydrogens is 220 g/mol. The Kier molecular flexibility index (Phi) is 4.81. The second kappa shape index (κ2) is 6.83. The highest BCUT2D eigenvalue weighted by Crippen LogP contribution is 2.19. The Hall–Kier alpha value is -1.78. The minimum atomic E-state index is 0.548. The van der Waals surface area contributed by atoms with Crippen molar-refractivity contribution in [3.05, 3.63) is 48.0 Å². The van der Waals surface area contributed by atoms with Gasteiger partial charge in [0.15, 0.2) is 0 Å². The maximum absolute atomic E-state index is 5.43. The lowest BCUT2D eigenvalue weighted by Gasteiger charge is -2.06. The van der Waals surface area contributed by atoms with Crippen LogP contribution in [0, 0.1) is 11.8 Å². The second-order valence-electron chi connectivity index (χ2n) is 4.22. The van der Waals surface area contributed by atoms with Gasteiger partial charge in [-0.3, -0.25) is 0 Å². The van der Waals surface area contributed by atoms with E-state index >= 15 is 0 Å². The van der Waals surface area contributed by atoms with Gasteiger partial charge in [0.05, 0.1) is 0 Å². The summed E-state index contributed by atoms with van der Waals surface area (Å²) in [5.74, 6) is 5.73. The van der Waals surface area contributed by atoms with Gasteiger partial charge in [-0.05, 0) is 36.1 Å². The number of aryl methyl sites for hydroxylation is 1. The molecule has 0 bridgehead atoms. The fraction of sp³-hybridized carbons (Fsp3) is 0.294. The zero-order valence-corrected chi connectivity index (χ0v) is 10.8. The highest BCUT2D eigenvalue weighted by atomic mass is 16.5. The highest BCUT2D eigenvalue weighted by Gasteiger charge is 1.99. The quantitative estimate of drug-likeness (QED) is 0.568. The number of hydrogen-bond acceptors (Lipinski definition) is 1. The lowest BCUT2D eigenvalue weighted by molar-refractivity contribution is 0.164. The first-order chi connectivity index (χ1) is 8.92. The maximum atomic E-state index is 5.43. The lowest BCUT2D eigenvalue weighted by atomic mass is 10.0. The second-order valence-corrected chi connectivity index (χ2v) is 4.22. The van der Waals surface area contributed by atoms with E-state index in [1.807, 2.05) is 6.92 Å². The molecule has 0 heterocycles. The Morgan fingerprint density at radius 3 is 2.78 bits per heavy atom. The molecule has 0 aromatic heterocycles. The third-order valence-electron chi connectivity index (χ3n) is 2.97. The predicted octanol–water partition coefficient (Wildman–Crippen LogP) is 3.81. The molecule has 0 spiro atoms. The standard InChI is InChI=1S/C17H18O/c1-2-3-13-18-14-7-11-16-10-6-9-15-8-4-5-12-17(15)16/h4-6,8-10,12H,7,11,13-14H2,1H3. The fourth-order valence-electron chi connectivity index (χ4n) is 2.07. The SMILES string of the molecule is CC#CCOCCCc1cccc2ccccc12. The van der Waals surface area contributed by atoms with Crippen LogP contribution in [0.4, 0.5) is 0 Å². The van der Waals surface area contributed by atoms with Gasteiger partial charge in [0.25, 0.3) is 0 Å². The van der Waals surface area contributed by atoms with Crippen LogP contribution in [0.2, 0.25) is 0 Å². The first-order valence-electron chi connectivity index (χ1n) is 6.36. The van der Waals surface area contributed by atoms with Crippen LogP contribution in [0.5, 0.6) is 0 Å². The molecule has 0 amide bonds. The average molecular weight is 238 g/mol. The largest absolute Gasteiger partial charge is 0.369 e. The van der Waals surface area contributed by atoms with E-state index in [1.165, 1.54) is 16.3 Å². The third-order valence-corrected chi connectivity index (χ3v) is 2.97. The molecule has 0 atom stereocenters. The van der Waals surface area contributed by atoms with Crippen molar-refractivity contribution in [2.75, 3.05) is 13.2 Å². The summed E-state index contributed by atoms with van der Waals surface area (Å²) in [5.41, 5.74) is 1.40. The number of benzene rings is 2. The molecule has 0 N–H and O–H groups in total. The van der Waals surface area contributed by atoms with Crippen LogP contribution in [0.15, 0.2) is 42.5 Å². The topological polar surface area (TPSA) is 9.23 Å². The average Bonchev–Trinajstić information content (AvgIpc) is 2.43. The van der Waals surface area contributed by atoms with Crippen molar-refractivity contribution in [3.8, 4) is 11.8 Å². The van der Waals surface area contributed by atoms with Gasteiger partial charge in [0.1, 0.15) is 6.61 Å². The normalized spacial score (nSPS) is 10.1. The van der Waals surface area contributed by atoms with E-state index < -0.39 is 0 Å². The van der Waals surface area contributed by atoms with E-state index in [4.69, 9.17) is 4.74 Å². The molecule has 0 aliphatic heterocycles. The van der Waals surface area contributed by atoms with Gasteiger partial charge in [-0.1, -0.05) is 48.4 Å². The van der Waals surface area contributed by atoms with Crippen molar-refractivity contribution in [3.63, 3.8) is 0 Å². The van der Waals surface area contributed by atoms with Gasteiger partial charge in [0.2, 0.25) is 0 Å². The van der Waals surface area contributed by atoms with Crippen LogP contribution in [0.1, 0.15) is 18.9 Å². The third kappa shape index (κ3) is 3.35. The molecule has 1 nitrogen and oxygen atoms in total. The molecule has 2 aromatic carbocycles. The molecule has 0 saturated carbocycles. The van der Waals surface area contributed by atoms with Crippen molar-refractivity contribution in [1.82, 2.24) is 0 Å². The van der Waals surface area contributed by atoms with Crippen molar-refractivity contribution < 1.29 is 4.74 Å². The van der Waals surface area contributed by atoms with Crippen LogP contribution < -0.4 is 0 Å². The van der Waals surface area contributed by atoms with E-state index in [0.29, 0.717) is 6.61 Å². The summed E-state index contributed by atoms with van der Waals surface area (Å²) in [4.78, 5) is 0. The van der Waals surface area contributed by atoms with E-state index in [2.05, 4.69) is 54.3 Å². The summed E-state index contributed by atoms with van der Waals surface area (Å²) in [5, 5.41) is 2.67. The Bertz CT molecular complexity index is 555. The van der Waals surface area contributed by atoms with Gasteiger partial charge in [-0.2, -0.15) is 0 Å². The van der Waals surface area contributed by atoms with Gasteiger partial charge < -0.3 is 4.74 Å². The lowest BCUT2D eigenvalue weighted by Crippen LogP contribution is -1.97. The molecule has 0 radical (unpaired) electrons. The fourth-order valence-corrected chi connectivity index (χ4v) is 2.07. The summed E-state index contributed by atoms with van der Waals surface area (Å²) >= 11 is 0. The van der Waals surface area contributed by atoms with Gasteiger partial charge in [-0.15, -0.1) is 5.92 Å². The molecular formula is C17H18O. The number of ether oxygens (including phenoxy) is 1. The summed E-state index contributed by atoms with van der Waals surface area (Å²) in [7, 11) is 0. The first-order valence-corrected chi connectivity index (χ1v) is 6.36. The van der Waals surface area contributed by atoms with Crippen LogP contribution in [0.25, 0.3) is 10.8 Å². The van der Waals surface area contributed by atoms with Crippen molar-refractivity contribution >= 4 is 10.8 Å². The highest BCUT2D eigenvalue weighted by molar-refractivity contribution is 5.85. The van der Waals surface area contributed by atoms with E-state index in [9.17, 15) is 0 Å². The summed E-state index contributed by atoms with van der Waals surface area (Å²) in [6.07, 6.45) is 2.10. The molecule has 0 fully saturated rings. The van der Waals surface area contributed by atoms with Crippen molar-refractivity contribution in [2.45, 2.75) is 19.8 Å². The Labute approximate surface area is 109 Å². The van der Waals surface area contributed by atoms with Gasteiger partial charge >= 0.3 is 0 Å². The zero-order valence-electron chi connectivity index (χ0n) is 10.8. The summed E-state index contributed by atoms with van der Waals surface area (Å²) in [6.45, 7) is 3.16. The molecule has 18 heavy (non-hydrogen) atoms. The van der Waals surface area contributed by atoms with Crippen LogP contribution in [-0.4, -0.2) is 13.2 Å². The molecule has 1 heteroatoms. The van der Waals surface area contributed by atoms with Crippen LogP contribution in [0.3, 0.4) is 0 Å². The first kappa shape index (κ1) is 12.7. The van der Waals surface area contributed by atoms with Crippen molar-refractivity contribution in [1.29, 1.82) is 0 Å². The van der Waals surface area contributed by atoms with E-state index in [0.717, 1.165) is 19.4 Å². The van der Waals surface area contributed by atoms with E-state index in [-0.39, 0.29) is 0 Å². The predicted molar refractivity (Wildman–Crippen MR) is 76.5 cm³/mol. The summed E-state index contributed by atoms with van der Waals surface area (Å²) < 4.78 is 5.43. The number of fused-ring (bicyclic) bond motifs is 1. The smallest absolute Gasteiger partial charge is 0.107 e. The van der Waals surface area contributed by atoms with Crippen LogP contribution in [-0.2, 0) is 11.2 Å². The molecule has 0 aliphatic rings. The molecule has 2 aromatic rings.